The number of aromatic nitrogens is 2. The molecule has 4 nitrogen and oxygen atoms in total. The minimum atomic E-state index is -0.560. The number of ether oxygens (including phenoxy) is 1. The number of para-hydroxylation sites is 3. The predicted octanol–water partition coefficient (Wildman–Crippen LogP) is 2.70. The maximum absolute atomic E-state index is 10.3. The standard InChI is InChI=1S/C19H23N2O2/c1-3-20-14-21(18-10-6-5-9-17(18)20)12-16(22)13-23-19-11-7-4-8-15(19)2/h4-11,14,16,22H,3,12-13H2,1-2H3/q+1/t16-/m0/s1. The van der Waals surface area contributed by atoms with Gasteiger partial charge >= 0.3 is 0 Å². The summed E-state index contributed by atoms with van der Waals surface area (Å²) in [6.07, 6.45) is 1.50. The van der Waals surface area contributed by atoms with Crippen LogP contribution in [0, 0.1) is 6.92 Å². The molecule has 23 heavy (non-hydrogen) atoms. The summed E-state index contributed by atoms with van der Waals surface area (Å²) in [5.41, 5.74) is 3.39. The van der Waals surface area contributed by atoms with Gasteiger partial charge in [0.15, 0.2) is 11.0 Å². The summed E-state index contributed by atoms with van der Waals surface area (Å²) < 4.78 is 10.0. The van der Waals surface area contributed by atoms with E-state index in [-0.39, 0.29) is 6.61 Å². The van der Waals surface area contributed by atoms with Gasteiger partial charge in [0.1, 0.15) is 25.0 Å². The first-order chi connectivity index (χ1) is 11.2. The fraction of sp³-hybridized carbons (Fsp3) is 0.316. The third kappa shape index (κ3) is 3.37. The van der Waals surface area contributed by atoms with Gasteiger partial charge < -0.3 is 9.84 Å². The molecule has 120 valence electrons. The number of aryl methyl sites for hydroxylation is 2. The molecule has 3 aromatic rings. The molecule has 0 aliphatic rings. The number of benzene rings is 2. The highest BCUT2D eigenvalue weighted by molar-refractivity contribution is 5.71. The molecule has 3 rings (SSSR count). The van der Waals surface area contributed by atoms with E-state index < -0.39 is 6.10 Å². The molecule has 0 radical (unpaired) electrons. The van der Waals surface area contributed by atoms with E-state index in [1.54, 1.807) is 0 Å². The Kier molecular flexibility index (Phi) is 4.63. The van der Waals surface area contributed by atoms with Gasteiger partial charge in [0, 0.05) is 0 Å². The summed E-state index contributed by atoms with van der Waals surface area (Å²) >= 11 is 0. The minimum Gasteiger partial charge on any atom is -0.490 e. The van der Waals surface area contributed by atoms with Crippen LogP contribution >= 0.6 is 0 Å². The number of hydrogen-bond acceptors (Lipinski definition) is 2. The zero-order chi connectivity index (χ0) is 16.2. The van der Waals surface area contributed by atoms with Crippen LogP contribution in [0.5, 0.6) is 5.75 Å². The van der Waals surface area contributed by atoms with Gasteiger partial charge in [-0.25, -0.2) is 9.13 Å². The second-order valence-corrected chi connectivity index (χ2v) is 5.77. The molecule has 0 saturated carbocycles. The lowest BCUT2D eigenvalue weighted by molar-refractivity contribution is -0.679. The van der Waals surface area contributed by atoms with Crippen LogP contribution in [-0.4, -0.2) is 22.4 Å². The van der Waals surface area contributed by atoms with E-state index in [1.807, 2.05) is 43.3 Å². The number of hydrogen-bond donors (Lipinski definition) is 1. The van der Waals surface area contributed by atoms with Crippen LogP contribution in [0.25, 0.3) is 11.0 Å². The maximum Gasteiger partial charge on any atom is 0.244 e. The van der Waals surface area contributed by atoms with Crippen molar-refractivity contribution in [2.75, 3.05) is 6.61 Å². The topological polar surface area (TPSA) is 38.3 Å². The van der Waals surface area contributed by atoms with Crippen LogP contribution in [0.2, 0.25) is 0 Å². The molecule has 0 aliphatic carbocycles. The van der Waals surface area contributed by atoms with E-state index in [2.05, 4.69) is 34.5 Å². The Morgan fingerprint density at radius 3 is 2.65 bits per heavy atom. The average Bonchev–Trinajstić information content (AvgIpc) is 2.92. The Hall–Kier alpha value is -2.33. The number of fused-ring (bicyclic) bond motifs is 1. The highest BCUT2D eigenvalue weighted by Gasteiger charge is 2.17. The van der Waals surface area contributed by atoms with Crippen molar-refractivity contribution in [2.24, 2.45) is 0 Å². The van der Waals surface area contributed by atoms with E-state index in [0.717, 1.165) is 23.4 Å². The first-order valence-electron chi connectivity index (χ1n) is 8.03. The van der Waals surface area contributed by atoms with Crippen LogP contribution in [0.15, 0.2) is 54.9 Å². The molecule has 1 N–H and O–H groups in total. The van der Waals surface area contributed by atoms with Crippen molar-refractivity contribution < 1.29 is 14.4 Å². The summed E-state index contributed by atoms with van der Waals surface area (Å²) in [4.78, 5) is 0. The molecule has 0 aliphatic heterocycles. The van der Waals surface area contributed by atoms with Gasteiger partial charge in [0.25, 0.3) is 0 Å². The SMILES string of the molecule is CCn1c[n+](C[C@H](O)COc2ccccc2C)c2ccccc21. The normalized spacial score (nSPS) is 12.5. The Morgan fingerprint density at radius 1 is 1.13 bits per heavy atom. The quantitative estimate of drug-likeness (QED) is 0.711. The third-order valence-electron chi connectivity index (χ3n) is 4.05. The molecule has 0 saturated heterocycles. The van der Waals surface area contributed by atoms with Crippen molar-refractivity contribution in [3.05, 3.63) is 60.4 Å². The van der Waals surface area contributed by atoms with E-state index in [0.29, 0.717) is 6.54 Å². The highest BCUT2D eigenvalue weighted by Crippen LogP contribution is 2.16. The van der Waals surface area contributed by atoms with Gasteiger partial charge in [-0.05, 0) is 37.6 Å². The zero-order valence-electron chi connectivity index (χ0n) is 13.6. The molecule has 0 bridgehead atoms. The molecule has 0 spiro atoms. The van der Waals surface area contributed by atoms with E-state index in [1.165, 1.54) is 5.52 Å². The summed E-state index contributed by atoms with van der Waals surface area (Å²) in [6, 6.07) is 16.1. The first-order valence-corrected chi connectivity index (χ1v) is 8.03. The van der Waals surface area contributed by atoms with Gasteiger partial charge in [-0.2, -0.15) is 0 Å². The molecule has 0 unspecified atom stereocenters. The van der Waals surface area contributed by atoms with Crippen molar-refractivity contribution in [1.82, 2.24) is 4.57 Å². The number of aliphatic hydroxyl groups is 1. The maximum atomic E-state index is 10.3. The molecule has 2 aromatic carbocycles. The minimum absolute atomic E-state index is 0.281. The smallest absolute Gasteiger partial charge is 0.244 e. The lowest BCUT2D eigenvalue weighted by Gasteiger charge is -2.12. The largest absolute Gasteiger partial charge is 0.490 e. The summed E-state index contributed by atoms with van der Waals surface area (Å²) in [5, 5.41) is 10.3. The van der Waals surface area contributed by atoms with E-state index in [9.17, 15) is 5.11 Å². The van der Waals surface area contributed by atoms with Crippen LogP contribution in [0.3, 0.4) is 0 Å². The van der Waals surface area contributed by atoms with Crippen LogP contribution in [0.4, 0.5) is 0 Å². The molecule has 1 aromatic heterocycles. The molecular weight excluding hydrogens is 288 g/mol. The molecule has 1 atom stereocenters. The fourth-order valence-electron chi connectivity index (χ4n) is 2.82. The van der Waals surface area contributed by atoms with Crippen molar-refractivity contribution in [2.45, 2.75) is 33.0 Å². The second-order valence-electron chi connectivity index (χ2n) is 5.77. The molecule has 0 fully saturated rings. The second kappa shape index (κ2) is 6.84. The lowest BCUT2D eigenvalue weighted by Crippen LogP contribution is -2.41. The van der Waals surface area contributed by atoms with Gasteiger partial charge in [-0.15, -0.1) is 0 Å². The van der Waals surface area contributed by atoms with Crippen molar-refractivity contribution >= 4 is 11.0 Å². The molecule has 4 heteroatoms. The molecular formula is C19H23N2O2+. The van der Waals surface area contributed by atoms with E-state index >= 15 is 0 Å². The fourth-order valence-corrected chi connectivity index (χ4v) is 2.82. The van der Waals surface area contributed by atoms with Gasteiger partial charge in [-0.1, -0.05) is 30.3 Å². The third-order valence-corrected chi connectivity index (χ3v) is 4.05. The first kappa shape index (κ1) is 15.6. The van der Waals surface area contributed by atoms with Crippen molar-refractivity contribution in [3.8, 4) is 5.75 Å². The van der Waals surface area contributed by atoms with Gasteiger partial charge in [-0.3, -0.25) is 0 Å². The summed E-state index contributed by atoms with van der Waals surface area (Å²) in [7, 11) is 0. The van der Waals surface area contributed by atoms with Gasteiger partial charge in [0.2, 0.25) is 6.33 Å². The Bertz CT molecular complexity index is 795. The number of nitrogens with zero attached hydrogens (tertiary/aromatic N) is 2. The molecule has 1 heterocycles. The van der Waals surface area contributed by atoms with E-state index in [4.69, 9.17) is 4.74 Å². The zero-order valence-corrected chi connectivity index (χ0v) is 13.6. The summed E-state index contributed by atoms with van der Waals surface area (Å²) in [6.45, 7) is 5.83. The summed E-state index contributed by atoms with van der Waals surface area (Å²) in [5.74, 6) is 0.826. The molecule has 0 amide bonds. The Morgan fingerprint density at radius 2 is 1.87 bits per heavy atom. The Balaban J connectivity index is 1.71. The average molecular weight is 311 g/mol. The van der Waals surface area contributed by atoms with Crippen molar-refractivity contribution in [3.63, 3.8) is 0 Å². The predicted molar refractivity (Wildman–Crippen MR) is 90.5 cm³/mol. The lowest BCUT2D eigenvalue weighted by atomic mass is 10.2. The number of aliphatic hydroxyl groups excluding tert-OH is 1. The van der Waals surface area contributed by atoms with Crippen LogP contribution in [0.1, 0.15) is 12.5 Å². The Labute approximate surface area is 136 Å². The highest BCUT2D eigenvalue weighted by atomic mass is 16.5. The number of rotatable bonds is 6. The van der Waals surface area contributed by atoms with Crippen molar-refractivity contribution in [1.29, 1.82) is 0 Å². The number of imidazole rings is 1. The van der Waals surface area contributed by atoms with Crippen LogP contribution < -0.4 is 9.30 Å². The van der Waals surface area contributed by atoms with Gasteiger partial charge in [0.05, 0.1) is 6.54 Å². The van der Waals surface area contributed by atoms with Crippen LogP contribution in [-0.2, 0) is 13.1 Å². The monoisotopic (exact) mass is 311 g/mol.